The molecule has 128 valence electrons. The van der Waals surface area contributed by atoms with E-state index in [-0.39, 0.29) is 24.4 Å². The molecule has 1 unspecified atom stereocenters. The number of urea groups is 1. The van der Waals surface area contributed by atoms with Crippen molar-refractivity contribution in [2.24, 2.45) is 5.92 Å². The van der Waals surface area contributed by atoms with Crippen molar-refractivity contribution in [2.45, 2.75) is 76.3 Å². The quantitative estimate of drug-likeness (QED) is 0.777. The highest BCUT2D eigenvalue weighted by molar-refractivity contribution is 6.09. The average molecular weight is 321 g/mol. The van der Waals surface area contributed by atoms with Gasteiger partial charge in [0.25, 0.3) is 5.91 Å². The molecule has 23 heavy (non-hydrogen) atoms. The zero-order valence-electron chi connectivity index (χ0n) is 13.9. The molecule has 0 aromatic rings. The number of imide groups is 1. The van der Waals surface area contributed by atoms with Crippen molar-refractivity contribution in [3.63, 3.8) is 0 Å². The summed E-state index contributed by atoms with van der Waals surface area (Å²) in [7, 11) is 0. The first-order valence-electron chi connectivity index (χ1n) is 8.95. The Morgan fingerprint density at radius 3 is 2.43 bits per heavy atom. The fourth-order valence-electron chi connectivity index (χ4n) is 3.82. The van der Waals surface area contributed by atoms with Gasteiger partial charge in [0.1, 0.15) is 12.1 Å². The minimum Gasteiger partial charge on any atom is -0.352 e. The molecule has 4 amide bonds. The number of carbonyl (C=O) groups is 3. The normalized spacial score (nSPS) is 25.7. The van der Waals surface area contributed by atoms with Gasteiger partial charge >= 0.3 is 6.03 Å². The van der Waals surface area contributed by atoms with Gasteiger partial charge in [-0.3, -0.25) is 14.5 Å². The Morgan fingerprint density at radius 2 is 1.83 bits per heavy atom. The van der Waals surface area contributed by atoms with Crippen molar-refractivity contribution in [1.29, 1.82) is 0 Å². The zero-order chi connectivity index (χ0) is 16.4. The first-order valence-corrected chi connectivity index (χ1v) is 8.95. The topological polar surface area (TPSA) is 78.5 Å². The molecule has 1 saturated heterocycles. The summed E-state index contributed by atoms with van der Waals surface area (Å²) in [5, 5.41) is 5.80. The lowest BCUT2D eigenvalue weighted by Gasteiger charge is -2.28. The predicted octanol–water partition coefficient (Wildman–Crippen LogP) is 1.94. The summed E-state index contributed by atoms with van der Waals surface area (Å²) >= 11 is 0. The molecule has 3 fully saturated rings. The van der Waals surface area contributed by atoms with Crippen LogP contribution in [0.15, 0.2) is 0 Å². The molecule has 2 saturated carbocycles. The molecular formula is C17H27N3O3. The Bertz CT molecular complexity index is 493. The van der Waals surface area contributed by atoms with Gasteiger partial charge in [0.15, 0.2) is 0 Å². The van der Waals surface area contributed by atoms with Crippen LogP contribution in [-0.2, 0) is 9.59 Å². The SMILES string of the molecule is CC(NC(=O)CN1C(=O)NC2(CCCCCCC2)C1=O)C1CC1. The second kappa shape index (κ2) is 6.49. The summed E-state index contributed by atoms with van der Waals surface area (Å²) in [4.78, 5) is 38.3. The van der Waals surface area contributed by atoms with E-state index in [0.29, 0.717) is 18.8 Å². The Morgan fingerprint density at radius 1 is 1.22 bits per heavy atom. The third-order valence-electron chi connectivity index (χ3n) is 5.47. The van der Waals surface area contributed by atoms with E-state index in [0.717, 1.165) is 43.4 Å². The molecule has 0 radical (unpaired) electrons. The Hall–Kier alpha value is -1.59. The van der Waals surface area contributed by atoms with E-state index in [9.17, 15) is 14.4 Å². The van der Waals surface area contributed by atoms with Crippen molar-refractivity contribution < 1.29 is 14.4 Å². The van der Waals surface area contributed by atoms with Gasteiger partial charge in [-0.15, -0.1) is 0 Å². The first-order chi connectivity index (χ1) is 11.0. The van der Waals surface area contributed by atoms with Gasteiger partial charge < -0.3 is 10.6 Å². The number of hydrogen-bond acceptors (Lipinski definition) is 3. The summed E-state index contributed by atoms with van der Waals surface area (Å²) in [6.45, 7) is 1.82. The summed E-state index contributed by atoms with van der Waals surface area (Å²) in [6, 6.07) is -0.289. The summed E-state index contributed by atoms with van der Waals surface area (Å²) in [6.07, 6.45) is 8.97. The van der Waals surface area contributed by atoms with Crippen LogP contribution in [0.5, 0.6) is 0 Å². The number of hydrogen-bond donors (Lipinski definition) is 2. The Kier molecular flexibility index (Phi) is 4.60. The van der Waals surface area contributed by atoms with Crippen LogP contribution in [0.3, 0.4) is 0 Å². The third-order valence-corrected chi connectivity index (χ3v) is 5.47. The average Bonchev–Trinajstić information content (AvgIpc) is 3.28. The van der Waals surface area contributed by atoms with Crippen LogP contribution in [0.4, 0.5) is 4.79 Å². The fraction of sp³-hybridized carbons (Fsp3) is 0.824. The molecule has 2 N–H and O–H groups in total. The van der Waals surface area contributed by atoms with Crippen molar-refractivity contribution in [2.75, 3.05) is 6.54 Å². The number of amides is 4. The van der Waals surface area contributed by atoms with Gasteiger partial charge in [-0.1, -0.05) is 32.1 Å². The number of carbonyl (C=O) groups excluding carboxylic acids is 3. The Balaban J connectivity index is 1.62. The standard InChI is InChI=1S/C17H27N3O3/c1-12(13-7-8-13)18-14(21)11-20-15(22)17(19-16(20)23)9-5-3-2-4-6-10-17/h12-13H,2-11H2,1H3,(H,18,21)(H,19,23). The van der Waals surface area contributed by atoms with Crippen molar-refractivity contribution >= 4 is 17.8 Å². The molecule has 1 spiro atoms. The van der Waals surface area contributed by atoms with Crippen LogP contribution in [-0.4, -0.2) is 40.9 Å². The number of nitrogens with one attached hydrogen (secondary N) is 2. The molecule has 3 aliphatic rings. The molecule has 1 atom stereocenters. The van der Waals surface area contributed by atoms with E-state index < -0.39 is 11.6 Å². The molecule has 3 rings (SSSR count). The van der Waals surface area contributed by atoms with Gasteiger partial charge in [-0.2, -0.15) is 0 Å². The second-order valence-corrected chi connectivity index (χ2v) is 7.36. The molecule has 2 aliphatic carbocycles. The maximum absolute atomic E-state index is 12.8. The van der Waals surface area contributed by atoms with E-state index in [4.69, 9.17) is 0 Å². The highest BCUT2D eigenvalue weighted by Crippen LogP contribution is 2.33. The maximum atomic E-state index is 12.8. The van der Waals surface area contributed by atoms with E-state index >= 15 is 0 Å². The zero-order valence-corrected chi connectivity index (χ0v) is 13.9. The van der Waals surface area contributed by atoms with Crippen LogP contribution in [0.1, 0.15) is 64.7 Å². The molecule has 0 aromatic heterocycles. The van der Waals surface area contributed by atoms with Gasteiger partial charge in [-0.25, -0.2) is 4.79 Å². The molecule has 1 heterocycles. The van der Waals surface area contributed by atoms with Crippen molar-refractivity contribution in [3.05, 3.63) is 0 Å². The van der Waals surface area contributed by atoms with Crippen LogP contribution in [0.2, 0.25) is 0 Å². The fourth-order valence-corrected chi connectivity index (χ4v) is 3.82. The van der Waals surface area contributed by atoms with Crippen LogP contribution in [0, 0.1) is 5.92 Å². The highest BCUT2D eigenvalue weighted by atomic mass is 16.2. The molecule has 6 nitrogen and oxygen atoms in total. The van der Waals surface area contributed by atoms with Gasteiger partial charge in [0.05, 0.1) is 0 Å². The Labute approximate surface area is 137 Å². The lowest BCUT2D eigenvalue weighted by atomic mass is 9.84. The molecular weight excluding hydrogens is 294 g/mol. The van der Waals surface area contributed by atoms with E-state index in [1.807, 2.05) is 6.92 Å². The lowest BCUT2D eigenvalue weighted by Crippen LogP contribution is -2.48. The van der Waals surface area contributed by atoms with E-state index in [1.54, 1.807) is 0 Å². The molecule has 1 aliphatic heterocycles. The van der Waals surface area contributed by atoms with Crippen molar-refractivity contribution in [1.82, 2.24) is 15.5 Å². The molecule has 6 heteroatoms. The highest BCUT2D eigenvalue weighted by Gasteiger charge is 2.50. The van der Waals surface area contributed by atoms with Gasteiger partial charge in [-0.05, 0) is 38.5 Å². The van der Waals surface area contributed by atoms with Crippen LogP contribution in [0.25, 0.3) is 0 Å². The van der Waals surface area contributed by atoms with Crippen LogP contribution >= 0.6 is 0 Å². The van der Waals surface area contributed by atoms with E-state index in [1.165, 1.54) is 6.42 Å². The monoisotopic (exact) mass is 321 g/mol. The first kappa shape index (κ1) is 16.3. The second-order valence-electron chi connectivity index (χ2n) is 7.36. The van der Waals surface area contributed by atoms with E-state index in [2.05, 4.69) is 10.6 Å². The largest absolute Gasteiger partial charge is 0.352 e. The van der Waals surface area contributed by atoms with Gasteiger partial charge in [0.2, 0.25) is 5.91 Å². The van der Waals surface area contributed by atoms with Gasteiger partial charge in [0, 0.05) is 6.04 Å². The van der Waals surface area contributed by atoms with Crippen molar-refractivity contribution in [3.8, 4) is 0 Å². The molecule has 0 bridgehead atoms. The predicted molar refractivity (Wildman–Crippen MR) is 85.6 cm³/mol. The number of rotatable bonds is 4. The minimum atomic E-state index is -0.764. The third kappa shape index (κ3) is 3.51. The van der Waals surface area contributed by atoms with Crippen LogP contribution < -0.4 is 10.6 Å². The summed E-state index contributed by atoms with van der Waals surface area (Å²) in [5.74, 6) is 0.105. The number of nitrogens with zero attached hydrogens (tertiary/aromatic N) is 1. The minimum absolute atomic E-state index is 0.124. The summed E-state index contributed by atoms with van der Waals surface area (Å²) < 4.78 is 0. The summed E-state index contributed by atoms with van der Waals surface area (Å²) in [5.41, 5.74) is -0.764. The lowest BCUT2D eigenvalue weighted by molar-refractivity contribution is -0.135. The smallest absolute Gasteiger partial charge is 0.325 e. The molecule has 0 aromatic carbocycles. The maximum Gasteiger partial charge on any atom is 0.325 e.